The van der Waals surface area contributed by atoms with Crippen LogP contribution < -0.4 is 9.80 Å². The zero-order valence-corrected chi connectivity index (χ0v) is 21.9. The van der Waals surface area contributed by atoms with Crippen LogP contribution in [0.25, 0.3) is 35.3 Å². The SMILES string of the molecule is CCN(CC)c1ccc(C=Cc2nc3ccccc3nc2C=Cc2ccc(N(CC)CC)cc2)cc1. The second kappa shape index (κ2) is 12.2. The molecular weight excluding hydrogens is 440 g/mol. The van der Waals surface area contributed by atoms with Crippen LogP contribution in [0.15, 0.2) is 72.8 Å². The number of anilines is 2. The third kappa shape index (κ3) is 6.01. The number of hydrogen-bond acceptors (Lipinski definition) is 4. The molecule has 0 spiro atoms. The number of benzene rings is 3. The van der Waals surface area contributed by atoms with Crippen molar-refractivity contribution in [1.82, 2.24) is 9.97 Å². The molecule has 0 aliphatic carbocycles. The van der Waals surface area contributed by atoms with E-state index >= 15 is 0 Å². The van der Waals surface area contributed by atoms with Crippen molar-refractivity contribution < 1.29 is 0 Å². The Bertz CT molecular complexity index is 1210. The van der Waals surface area contributed by atoms with Gasteiger partial charge < -0.3 is 9.80 Å². The molecule has 4 heteroatoms. The summed E-state index contributed by atoms with van der Waals surface area (Å²) in [7, 11) is 0. The molecule has 3 aromatic carbocycles. The van der Waals surface area contributed by atoms with Crippen LogP contribution >= 0.6 is 0 Å². The highest BCUT2D eigenvalue weighted by Crippen LogP contribution is 2.21. The van der Waals surface area contributed by atoms with Crippen LogP contribution in [0.3, 0.4) is 0 Å². The second-order valence-corrected chi connectivity index (χ2v) is 8.68. The molecule has 0 saturated heterocycles. The van der Waals surface area contributed by atoms with Crippen LogP contribution in [0.1, 0.15) is 50.2 Å². The lowest BCUT2D eigenvalue weighted by molar-refractivity contribution is 0.866. The van der Waals surface area contributed by atoms with Crippen molar-refractivity contribution >= 4 is 46.7 Å². The van der Waals surface area contributed by atoms with Crippen LogP contribution in [0.2, 0.25) is 0 Å². The lowest BCUT2D eigenvalue weighted by Crippen LogP contribution is -2.21. The second-order valence-electron chi connectivity index (χ2n) is 8.68. The van der Waals surface area contributed by atoms with Gasteiger partial charge in [-0.3, -0.25) is 0 Å². The first kappa shape index (κ1) is 25.2. The third-order valence-corrected chi connectivity index (χ3v) is 6.54. The third-order valence-electron chi connectivity index (χ3n) is 6.54. The number of para-hydroxylation sites is 2. The predicted octanol–water partition coefficient (Wildman–Crippen LogP) is 7.66. The normalized spacial score (nSPS) is 11.6. The van der Waals surface area contributed by atoms with E-state index in [-0.39, 0.29) is 0 Å². The number of fused-ring (bicyclic) bond motifs is 1. The summed E-state index contributed by atoms with van der Waals surface area (Å²) in [5, 5.41) is 0. The summed E-state index contributed by atoms with van der Waals surface area (Å²) in [6, 6.07) is 25.4. The number of hydrogen-bond donors (Lipinski definition) is 0. The quantitative estimate of drug-likeness (QED) is 0.235. The lowest BCUT2D eigenvalue weighted by atomic mass is 10.1. The molecule has 0 N–H and O–H groups in total. The highest BCUT2D eigenvalue weighted by molar-refractivity contribution is 5.83. The van der Waals surface area contributed by atoms with E-state index in [4.69, 9.17) is 9.97 Å². The van der Waals surface area contributed by atoms with E-state index in [2.05, 4.69) is 110 Å². The fourth-order valence-electron chi connectivity index (χ4n) is 4.39. The van der Waals surface area contributed by atoms with Crippen LogP contribution in [0, 0.1) is 0 Å². The van der Waals surface area contributed by atoms with Crippen molar-refractivity contribution in [3.05, 3.63) is 95.3 Å². The Morgan fingerprint density at radius 1 is 0.500 bits per heavy atom. The average Bonchev–Trinajstić information content (AvgIpc) is 2.93. The summed E-state index contributed by atoms with van der Waals surface area (Å²) >= 11 is 0. The van der Waals surface area contributed by atoms with Gasteiger partial charge in [0.05, 0.1) is 22.4 Å². The molecule has 1 heterocycles. The van der Waals surface area contributed by atoms with Gasteiger partial charge in [-0.05, 0) is 87.4 Å². The van der Waals surface area contributed by atoms with Crippen molar-refractivity contribution in [2.45, 2.75) is 27.7 Å². The Morgan fingerprint density at radius 3 is 1.19 bits per heavy atom. The summed E-state index contributed by atoms with van der Waals surface area (Å²) < 4.78 is 0. The van der Waals surface area contributed by atoms with Gasteiger partial charge in [-0.25, -0.2) is 9.97 Å². The lowest BCUT2D eigenvalue weighted by Gasteiger charge is -2.20. The van der Waals surface area contributed by atoms with Gasteiger partial charge in [-0.15, -0.1) is 0 Å². The summed E-state index contributed by atoms with van der Waals surface area (Å²) in [5.74, 6) is 0. The molecule has 0 aliphatic heterocycles. The molecule has 0 amide bonds. The molecule has 1 aromatic heterocycles. The maximum absolute atomic E-state index is 4.92. The molecule has 4 nitrogen and oxygen atoms in total. The molecule has 36 heavy (non-hydrogen) atoms. The van der Waals surface area contributed by atoms with Crippen LogP contribution in [-0.2, 0) is 0 Å². The van der Waals surface area contributed by atoms with Crippen molar-refractivity contribution in [1.29, 1.82) is 0 Å². The van der Waals surface area contributed by atoms with Crippen molar-refractivity contribution in [3.8, 4) is 0 Å². The summed E-state index contributed by atoms with van der Waals surface area (Å²) in [6.07, 6.45) is 8.35. The summed E-state index contributed by atoms with van der Waals surface area (Å²) in [6.45, 7) is 12.8. The molecule has 4 rings (SSSR count). The van der Waals surface area contributed by atoms with Gasteiger partial charge in [0.2, 0.25) is 0 Å². The van der Waals surface area contributed by atoms with Crippen molar-refractivity contribution in [2.24, 2.45) is 0 Å². The Balaban J connectivity index is 1.62. The summed E-state index contributed by atoms with van der Waals surface area (Å²) in [5.41, 5.74) is 8.29. The zero-order valence-electron chi connectivity index (χ0n) is 21.9. The first-order chi connectivity index (χ1) is 17.6. The van der Waals surface area contributed by atoms with E-state index in [1.165, 1.54) is 11.4 Å². The van der Waals surface area contributed by atoms with Crippen molar-refractivity contribution in [3.63, 3.8) is 0 Å². The minimum atomic E-state index is 0.859. The molecule has 0 saturated carbocycles. The smallest absolute Gasteiger partial charge is 0.0894 e. The number of aromatic nitrogens is 2. The summed E-state index contributed by atoms with van der Waals surface area (Å²) in [4.78, 5) is 14.5. The van der Waals surface area contributed by atoms with Gasteiger partial charge in [-0.1, -0.05) is 48.6 Å². The van der Waals surface area contributed by atoms with Gasteiger partial charge in [-0.2, -0.15) is 0 Å². The standard InChI is InChI=1S/C32H36N4/c1-5-35(6-2)27-19-13-25(14-20-27)17-23-31-32(34-30-12-10-9-11-29(30)33-31)24-18-26-15-21-28(22-16-26)36(7-3)8-4/h9-24H,5-8H2,1-4H3. The maximum Gasteiger partial charge on any atom is 0.0894 e. The van der Waals surface area contributed by atoms with E-state index in [9.17, 15) is 0 Å². The molecule has 0 atom stereocenters. The van der Waals surface area contributed by atoms with Crippen LogP contribution in [-0.4, -0.2) is 36.1 Å². The molecule has 184 valence electrons. The van der Waals surface area contributed by atoms with E-state index in [0.29, 0.717) is 0 Å². The highest BCUT2D eigenvalue weighted by atomic mass is 15.1. The van der Waals surface area contributed by atoms with Gasteiger partial charge in [0, 0.05) is 37.6 Å². The van der Waals surface area contributed by atoms with Gasteiger partial charge >= 0.3 is 0 Å². The monoisotopic (exact) mass is 476 g/mol. The average molecular weight is 477 g/mol. The molecule has 4 aromatic rings. The molecule has 0 radical (unpaired) electrons. The Kier molecular flexibility index (Phi) is 8.51. The zero-order chi connectivity index (χ0) is 25.3. The Labute approximate surface area is 215 Å². The molecular formula is C32H36N4. The van der Waals surface area contributed by atoms with E-state index in [1.54, 1.807) is 0 Å². The Hall–Kier alpha value is -3.92. The van der Waals surface area contributed by atoms with Gasteiger partial charge in [0.25, 0.3) is 0 Å². The Morgan fingerprint density at radius 2 is 0.861 bits per heavy atom. The molecule has 0 bridgehead atoms. The first-order valence-electron chi connectivity index (χ1n) is 13.0. The number of nitrogens with zero attached hydrogens (tertiary/aromatic N) is 4. The number of rotatable bonds is 10. The van der Waals surface area contributed by atoms with E-state index in [0.717, 1.165) is 59.7 Å². The maximum atomic E-state index is 4.92. The molecule has 0 aliphatic rings. The molecule has 0 fully saturated rings. The van der Waals surface area contributed by atoms with E-state index < -0.39 is 0 Å². The fraction of sp³-hybridized carbons (Fsp3) is 0.250. The van der Waals surface area contributed by atoms with Gasteiger partial charge in [0.1, 0.15) is 0 Å². The first-order valence-corrected chi connectivity index (χ1v) is 13.0. The minimum Gasteiger partial charge on any atom is -0.372 e. The highest BCUT2D eigenvalue weighted by Gasteiger charge is 2.06. The fourth-order valence-corrected chi connectivity index (χ4v) is 4.39. The van der Waals surface area contributed by atoms with Crippen LogP contribution in [0.4, 0.5) is 11.4 Å². The topological polar surface area (TPSA) is 32.3 Å². The van der Waals surface area contributed by atoms with Gasteiger partial charge in [0.15, 0.2) is 0 Å². The van der Waals surface area contributed by atoms with Crippen molar-refractivity contribution in [2.75, 3.05) is 36.0 Å². The minimum absolute atomic E-state index is 0.859. The van der Waals surface area contributed by atoms with Crippen LogP contribution in [0.5, 0.6) is 0 Å². The molecule has 0 unspecified atom stereocenters. The van der Waals surface area contributed by atoms with E-state index in [1.807, 2.05) is 24.3 Å². The largest absolute Gasteiger partial charge is 0.372 e. The predicted molar refractivity (Wildman–Crippen MR) is 157 cm³/mol.